The second-order valence-corrected chi connectivity index (χ2v) is 6.95. The largest absolute Gasteiger partial charge is 0.465 e. The summed E-state index contributed by atoms with van der Waals surface area (Å²) < 4.78 is 5.00. The molecule has 1 amide bonds. The van der Waals surface area contributed by atoms with Gasteiger partial charge in [0, 0.05) is 11.8 Å². The van der Waals surface area contributed by atoms with Crippen LogP contribution in [0.1, 0.15) is 41.0 Å². The number of hydrogen-bond donors (Lipinski definition) is 1. The van der Waals surface area contributed by atoms with Crippen LogP contribution in [0.25, 0.3) is 0 Å². The van der Waals surface area contributed by atoms with Gasteiger partial charge in [-0.1, -0.05) is 27.7 Å². The number of thioether (sulfide) groups is 1. The lowest BCUT2D eigenvalue weighted by Crippen LogP contribution is -2.44. The van der Waals surface area contributed by atoms with E-state index in [0.717, 1.165) is 6.42 Å². The van der Waals surface area contributed by atoms with Crippen LogP contribution in [0.15, 0.2) is 0 Å². The molecule has 0 heterocycles. The SMILES string of the molecule is CCOC(=O)C(C(=O)NCCC(C)SC)C(C)(C)C. The van der Waals surface area contributed by atoms with Gasteiger partial charge in [0.2, 0.25) is 5.91 Å². The maximum absolute atomic E-state index is 12.2. The van der Waals surface area contributed by atoms with Crippen molar-refractivity contribution in [3.05, 3.63) is 0 Å². The van der Waals surface area contributed by atoms with Gasteiger partial charge in [0.15, 0.2) is 0 Å². The van der Waals surface area contributed by atoms with Crippen molar-refractivity contribution in [2.75, 3.05) is 19.4 Å². The molecule has 0 aliphatic rings. The fourth-order valence-electron chi connectivity index (χ4n) is 1.70. The van der Waals surface area contributed by atoms with Crippen molar-refractivity contribution >= 4 is 23.6 Å². The molecule has 2 unspecified atom stereocenters. The molecule has 0 aliphatic heterocycles. The summed E-state index contributed by atoms with van der Waals surface area (Å²) in [5.74, 6) is -1.43. The number of ether oxygens (including phenoxy) is 1. The molecule has 0 bridgehead atoms. The topological polar surface area (TPSA) is 55.4 Å². The lowest BCUT2D eigenvalue weighted by molar-refractivity contribution is -0.156. The van der Waals surface area contributed by atoms with Crippen LogP contribution in [0.5, 0.6) is 0 Å². The molecule has 0 aromatic rings. The van der Waals surface area contributed by atoms with Crippen LogP contribution in [-0.2, 0) is 14.3 Å². The zero-order chi connectivity index (χ0) is 15.1. The van der Waals surface area contributed by atoms with Crippen molar-refractivity contribution in [3.63, 3.8) is 0 Å². The minimum absolute atomic E-state index is 0.237. The monoisotopic (exact) mass is 289 g/mol. The van der Waals surface area contributed by atoms with Crippen LogP contribution in [0.3, 0.4) is 0 Å². The first kappa shape index (κ1) is 18.3. The zero-order valence-electron chi connectivity index (χ0n) is 12.9. The Morgan fingerprint density at radius 2 is 1.89 bits per heavy atom. The van der Waals surface area contributed by atoms with Gasteiger partial charge in [-0.25, -0.2) is 0 Å². The van der Waals surface area contributed by atoms with Crippen molar-refractivity contribution in [2.24, 2.45) is 11.3 Å². The molecule has 19 heavy (non-hydrogen) atoms. The number of rotatable bonds is 7. The third-order valence-electron chi connectivity index (χ3n) is 2.90. The van der Waals surface area contributed by atoms with Crippen molar-refractivity contribution in [1.82, 2.24) is 5.32 Å². The Bertz CT molecular complexity index is 300. The maximum atomic E-state index is 12.2. The molecular weight excluding hydrogens is 262 g/mol. The summed E-state index contributed by atoms with van der Waals surface area (Å²) >= 11 is 1.76. The van der Waals surface area contributed by atoms with Crippen LogP contribution in [0.2, 0.25) is 0 Å². The van der Waals surface area contributed by atoms with E-state index in [4.69, 9.17) is 4.74 Å². The van der Waals surface area contributed by atoms with E-state index in [-0.39, 0.29) is 5.91 Å². The molecule has 4 nitrogen and oxygen atoms in total. The molecule has 0 radical (unpaired) electrons. The Labute approximate surface area is 121 Å². The van der Waals surface area contributed by atoms with Gasteiger partial charge in [-0.15, -0.1) is 0 Å². The van der Waals surface area contributed by atoms with Gasteiger partial charge in [-0.3, -0.25) is 9.59 Å². The second kappa shape index (κ2) is 8.46. The van der Waals surface area contributed by atoms with E-state index in [1.165, 1.54) is 0 Å². The number of amides is 1. The zero-order valence-corrected chi connectivity index (χ0v) is 13.7. The van der Waals surface area contributed by atoms with Crippen molar-refractivity contribution in [1.29, 1.82) is 0 Å². The Hall–Kier alpha value is -0.710. The number of carbonyl (C=O) groups excluding carboxylic acids is 2. The van der Waals surface area contributed by atoms with Crippen molar-refractivity contribution in [3.8, 4) is 0 Å². The quantitative estimate of drug-likeness (QED) is 0.578. The third kappa shape index (κ3) is 6.85. The summed E-state index contributed by atoms with van der Waals surface area (Å²) in [7, 11) is 0. The fraction of sp³-hybridized carbons (Fsp3) is 0.857. The first-order valence-electron chi connectivity index (χ1n) is 6.71. The molecule has 0 saturated carbocycles. The standard InChI is InChI=1S/C14H27NO3S/c1-7-18-13(17)11(14(3,4)5)12(16)15-9-8-10(2)19-6/h10-11H,7-9H2,1-6H3,(H,15,16). The molecular formula is C14H27NO3S. The van der Waals surface area contributed by atoms with E-state index in [2.05, 4.69) is 12.2 Å². The van der Waals surface area contributed by atoms with Gasteiger partial charge in [0.25, 0.3) is 0 Å². The summed E-state index contributed by atoms with van der Waals surface area (Å²) in [6, 6.07) is 0. The Kier molecular flexibility index (Phi) is 8.14. The summed E-state index contributed by atoms with van der Waals surface area (Å²) in [6.07, 6.45) is 2.94. The summed E-state index contributed by atoms with van der Waals surface area (Å²) in [5, 5.41) is 3.34. The Morgan fingerprint density at radius 3 is 2.32 bits per heavy atom. The summed E-state index contributed by atoms with van der Waals surface area (Å²) in [6.45, 7) is 10.4. The molecule has 0 aromatic carbocycles. The number of esters is 1. The van der Waals surface area contributed by atoms with E-state index in [1.807, 2.05) is 27.0 Å². The van der Waals surface area contributed by atoms with Gasteiger partial charge >= 0.3 is 5.97 Å². The van der Waals surface area contributed by atoms with Gasteiger partial charge in [0.1, 0.15) is 5.92 Å². The molecule has 0 aliphatic carbocycles. The highest BCUT2D eigenvalue weighted by atomic mass is 32.2. The number of carbonyl (C=O) groups is 2. The number of hydrogen-bond acceptors (Lipinski definition) is 4. The predicted molar refractivity (Wildman–Crippen MR) is 80.2 cm³/mol. The minimum atomic E-state index is -0.753. The van der Waals surface area contributed by atoms with E-state index in [9.17, 15) is 9.59 Å². The molecule has 0 rings (SSSR count). The van der Waals surface area contributed by atoms with Gasteiger partial charge in [-0.05, 0) is 25.0 Å². The maximum Gasteiger partial charge on any atom is 0.319 e. The van der Waals surface area contributed by atoms with Crippen molar-refractivity contribution < 1.29 is 14.3 Å². The lowest BCUT2D eigenvalue weighted by atomic mass is 9.80. The van der Waals surface area contributed by atoms with Gasteiger partial charge in [0.05, 0.1) is 6.61 Å². The normalized spacial score (nSPS) is 14.6. The molecule has 0 spiro atoms. The summed E-state index contributed by atoms with van der Waals surface area (Å²) in [5.41, 5.74) is -0.443. The molecule has 5 heteroatoms. The van der Waals surface area contributed by atoms with Crippen molar-refractivity contribution in [2.45, 2.75) is 46.3 Å². The lowest BCUT2D eigenvalue weighted by Gasteiger charge is -2.27. The first-order valence-corrected chi connectivity index (χ1v) is 8.00. The Morgan fingerprint density at radius 1 is 1.32 bits per heavy atom. The van der Waals surface area contributed by atoms with E-state index < -0.39 is 17.3 Å². The third-order valence-corrected chi connectivity index (χ3v) is 3.94. The van der Waals surface area contributed by atoms with Crippen LogP contribution in [0.4, 0.5) is 0 Å². The first-order chi connectivity index (χ1) is 8.73. The van der Waals surface area contributed by atoms with Gasteiger partial charge in [-0.2, -0.15) is 11.8 Å². The molecule has 0 saturated heterocycles. The molecule has 1 N–H and O–H groups in total. The minimum Gasteiger partial charge on any atom is -0.465 e. The fourth-order valence-corrected chi connectivity index (χ4v) is 2.05. The average molecular weight is 289 g/mol. The highest BCUT2D eigenvalue weighted by Gasteiger charge is 2.38. The van der Waals surface area contributed by atoms with E-state index in [1.54, 1.807) is 18.7 Å². The molecule has 0 fully saturated rings. The smallest absolute Gasteiger partial charge is 0.319 e. The Balaban J connectivity index is 4.53. The average Bonchev–Trinajstić information content (AvgIpc) is 2.27. The van der Waals surface area contributed by atoms with Crippen LogP contribution in [0, 0.1) is 11.3 Å². The highest BCUT2D eigenvalue weighted by Crippen LogP contribution is 2.27. The van der Waals surface area contributed by atoms with Gasteiger partial charge < -0.3 is 10.1 Å². The second-order valence-electron chi connectivity index (χ2n) is 5.68. The molecule has 112 valence electrons. The van der Waals surface area contributed by atoms with Crippen LogP contribution in [-0.4, -0.2) is 36.5 Å². The van der Waals surface area contributed by atoms with E-state index >= 15 is 0 Å². The summed E-state index contributed by atoms with van der Waals surface area (Å²) in [4.78, 5) is 24.1. The number of nitrogens with one attached hydrogen (secondary N) is 1. The van der Waals surface area contributed by atoms with Crippen LogP contribution >= 0.6 is 11.8 Å². The van der Waals surface area contributed by atoms with Crippen LogP contribution < -0.4 is 5.32 Å². The molecule has 0 aromatic heterocycles. The predicted octanol–water partition coefficient (Wildman–Crippen LogP) is 2.47. The van der Waals surface area contributed by atoms with E-state index in [0.29, 0.717) is 18.4 Å². The molecule has 2 atom stereocenters. The highest BCUT2D eigenvalue weighted by molar-refractivity contribution is 7.99.